The lowest BCUT2D eigenvalue weighted by Gasteiger charge is -2.28. The molecule has 3 atom stereocenters. The Morgan fingerprint density at radius 1 is 1.43 bits per heavy atom. The molecule has 1 N–H and O–H groups in total. The Bertz CT molecular complexity index is 164. The summed E-state index contributed by atoms with van der Waals surface area (Å²) in [6.45, 7) is 10.5. The lowest BCUT2D eigenvalue weighted by atomic mass is 9.99. The summed E-state index contributed by atoms with van der Waals surface area (Å²) in [5, 5.41) is 3.69. The maximum absolute atomic E-state index is 3.69. The molecule has 14 heavy (non-hydrogen) atoms. The molecule has 84 valence electrons. The number of hydrogen-bond acceptors (Lipinski definition) is 2. The molecule has 1 fully saturated rings. The fourth-order valence-corrected chi connectivity index (χ4v) is 3.16. The summed E-state index contributed by atoms with van der Waals surface area (Å²) in [7, 11) is 0. The van der Waals surface area contributed by atoms with Gasteiger partial charge in [-0.25, -0.2) is 0 Å². The van der Waals surface area contributed by atoms with Gasteiger partial charge in [-0.2, -0.15) is 11.8 Å². The maximum atomic E-state index is 3.69. The van der Waals surface area contributed by atoms with Crippen LogP contribution in [0.3, 0.4) is 0 Å². The van der Waals surface area contributed by atoms with Crippen LogP contribution < -0.4 is 5.32 Å². The van der Waals surface area contributed by atoms with E-state index in [9.17, 15) is 0 Å². The summed E-state index contributed by atoms with van der Waals surface area (Å²) >= 11 is 2.14. The predicted molar refractivity (Wildman–Crippen MR) is 67.0 cm³/mol. The Morgan fingerprint density at radius 3 is 2.64 bits per heavy atom. The van der Waals surface area contributed by atoms with Gasteiger partial charge in [-0.1, -0.05) is 20.3 Å². The zero-order valence-corrected chi connectivity index (χ0v) is 10.9. The van der Waals surface area contributed by atoms with Gasteiger partial charge in [0.1, 0.15) is 0 Å². The summed E-state index contributed by atoms with van der Waals surface area (Å²) in [6, 6.07) is 0.665. The van der Waals surface area contributed by atoms with Crippen molar-refractivity contribution >= 4 is 11.8 Å². The third-order valence-corrected chi connectivity index (χ3v) is 5.13. The summed E-state index contributed by atoms with van der Waals surface area (Å²) in [6.07, 6.45) is 4.07. The van der Waals surface area contributed by atoms with E-state index in [0.717, 1.165) is 5.92 Å². The van der Waals surface area contributed by atoms with E-state index in [0.29, 0.717) is 10.8 Å². The third kappa shape index (κ3) is 3.47. The number of hydrogen-bond donors (Lipinski definition) is 1. The van der Waals surface area contributed by atoms with E-state index in [1.54, 1.807) is 0 Å². The monoisotopic (exact) mass is 215 g/mol. The standard InChI is InChI=1S/C12H25NS/c1-5-10(2)11(3)13-9-12(4)7-6-8-14-12/h10-11,13H,5-9H2,1-4H3. The highest BCUT2D eigenvalue weighted by Gasteiger charge is 2.29. The van der Waals surface area contributed by atoms with Crippen LogP contribution in [0.15, 0.2) is 0 Å². The van der Waals surface area contributed by atoms with Crippen LogP contribution in [0.25, 0.3) is 0 Å². The van der Waals surface area contributed by atoms with Gasteiger partial charge >= 0.3 is 0 Å². The molecule has 3 unspecified atom stereocenters. The normalized spacial score (nSPS) is 31.7. The SMILES string of the molecule is CCC(C)C(C)NCC1(C)CCCS1. The van der Waals surface area contributed by atoms with Crippen molar-refractivity contribution in [2.45, 2.75) is 57.7 Å². The topological polar surface area (TPSA) is 12.0 Å². The second-order valence-electron chi connectivity index (χ2n) is 4.96. The molecular formula is C12H25NS. The van der Waals surface area contributed by atoms with Crippen LogP contribution >= 0.6 is 11.8 Å². The Kier molecular flexibility index (Phi) is 4.78. The molecule has 1 rings (SSSR count). The fourth-order valence-electron chi connectivity index (χ4n) is 1.91. The van der Waals surface area contributed by atoms with Gasteiger partial charge in [0.05, 0.1) is 0 Å². The maximum Gasteiger partial charge on any atom is 0.0256 e. The van der Waals surface area contributed by atoms with Crippen LogP contribution in [0, 0.1) is 5.92 Å². The zero-order chi connectivity index (χ0) is 10.6. The second-order valence-corrected chi connectivity index (χ2v) is 6.64. The first kappa shape index (κ1) is 12.4. The lowest BCUT2D eigenvalue weighted by Crippen LogP contribution is -2.40. The van der Waals surface area contributed by atoms with Crippen LogP contribution in [0.2, 0.25) is 0 Å². The molecule has 1 nitrogen and oxygen atoms in total. The number of nitrogens with one attached hydrogen (secondary N) is 1. The molecule has 1 aliphatic heterocycles. The van der Waals surface area contributed by atoms with Gasteiger partial charge in [0.25, 0.3) is 0 Å². The highest BCUT2D eigenvalue weighted by Crippen LogP contribution is 2.37. The van der Waals surface area contributed by atoms with Crippen molar-refractivity contribution in [2.75, 3.05) is 12.3 Å². The number of rotatable bonds is 5. The number of thioether (sulfide) groups is 1. The minimum atomic E-state index is 0.516. The molecule has 2 heteroatoms. The molecule has 0 aromatic rings. The lowest BCUT2D eigenvalue weighted by molar-refractivity contribution is 0.373. The summed E-state index contributed by atoms with van der Waals surface area (Å²) in [5.41, 5.74) is 0. The molecule has 1 saturated heterocycles. The molecule has 1 heterocycles. The van der Waals surface area contributed by atoms with Gasteiger partial charge in [0.15, 0.2) is 0 Å². The molecular weight excluding hydrogens is 190 g/mol. The van der Waals surface area contributed by atoms with Crippen LogP contribution in [-0.4, -0.2) is 23.1 Å². The average molecular weight is 215 g/mol. The quantitative estimate of drug-likeness (QED) is 0.755. The van der Waals surface area contributed by atoms with E-state index < -0.39 is 0 Å². The van der Waals surface area contributed by atoms with Crippen LogP contribution in [0.5, 0.6) is 0 Å². The van der Waals surface area contributed by atoms with Gasteiger partial charge in [-0.15, -0.1) is 0 Å². The van der Waals surface area contributed by atoms with E-state index in [4.69, 9.17) is 0 Å². The Labute approximate surface area is 93.4 Å². The Balaban J connectivity index is 2.25. The molecule has 0 aromatic heterocycles. The summed E-state index contributed by atoms with van der Waals surface area (Å²) < 4.78 is 0.516. The van der Waals surface area contributed by atoms with Crippen molar-refractivity contribution in [3.63, 3.8) is 0 Å². The summed E-state index contributed by atoms with van der Waals surface area (Å²) in [5.74, 6) is 2.15. The van der Waals surface area contributed by atoms with Crippen molar-refractivity contribution < 1.29 is 0 Å². The third-order valence-electron chi connectivity index (χ3n) is 3.60. The smallest absolute Gasteiger partial charge is 0.0256 e. The molecule has 0 spiro atoms. The van der Waals surface area contributed by atoms with Crippen LogP contribution in [0.4, 0.5) is 0 Å². The van der Waals surface area contributed by atoms with Gasteiger partial charge in [-0.3, -0.25) is 0 Å². The van der Waals surface area contributed by atoms with E-state index in [1.165, 1.54) is 31.6 Å². The predicted octanol–water partition coefficient (Wildman–Crippen LogP) is 3.30. The second kappa shape index (κ2) is 5.41. The highest BCUT2D eigenvalue weighted by atomic mass is 32.2. The first-order chi connectivity index (χ1) is 6.57. The van der Waals surface area contributed by atoms with E-state index in [-0.39, 0.29) is 0 Å². The van der Waals surface area contributed by atoms with Crippen LogP contribution in [0.1, 0.15) is 47.0 Å². The molecule has 1 aliphatic rings. The molecule has 0 saturated carbocycles. The van der Waals surface area contributed by atoms with Gasteiger partial charge in [0.2, 0.25) is 0 Å². The van der Waals surface area contributed by atoms with E-state index >= 15 is 0 Å². The molecule has 0 aliphatic carbocycles. The van der Waals surface area contributed by atoms with Crippen molar-refractivity contribution in [3.05, 3.63) is 0 Å². The molecule has 0 aromatic carbocycles. The van der Waals surface area contributed by atoms with E-state index in [1.807, 2.05) is 0 Å². The zero-order valence-electron chi connectivity index (χ0n) is 10.1. The minimum Gasteiger partial charge on any atom is -0.313 e. The minimum absolute atomic E-state index is 0.516. The highest BCUT2D eigenvalue weighted by molar-refractivity contribution is 8.00. The molecule has 0 radical (unpaired) electrons. The Hall–Kier alpha value is 0.310. The van der Waals surface area contributed by atoms with Crippen molar-refractivity contribution in [3.8, 4) is 0 Å². The van der Waals surface area contributed by atoms with Crippen LogP contribution in [-0.2, 0) is 0 Å². The van der Waals surface area contributed by atoms with E-state index in [2.05, 4.69) is 44.8 Å². The Morgan fingerprint density at radius 2 is 2.14 bits per heavy atom. The van der Waals surface area contributed by atoms with Crippen molar-refractivity contribution in [1.29, 1.82) is 0 Å². The summed E-state index contributed by atoms with van der Waals surface area (Å²) in [4.78, 5) is 0. The molecule has 0 bridgehead atoms. The van der Waals surface area contributed by atoms with Crippen molar-refractivity contribution in [1.82, 2.24) is 5.32 Å². The van der Waals surface area contributed by atoms with Gasteiger partial charge in [0, 0.05) is 17.3 Å². The average Bonchev–Trinajstić information content (AvgIpc) is 2.61. The first-order valence-electron chi connectivity index (χ1n) is 5.95. The molecule has 0 amide bonds. The van der Waals surface area contributed by atoms with Gasteiger partial charge < -0.3 is 5.32 Å². The van der Waals surface area contributed by atoms with Crippen molar-refractivity contribution in [2.24, 2.45) is 5.92 Å². The first-order valence-corrected chi connectivity index (χ1v) is 6.93. The van der Waals surface area contributed by atoms with Gasteiger partial charge in [-0.05, 0) is 38.4 Å². The fraction of sp³-hybridized carbons (Fsp3) is 1.00. The largest absolute Gasteiger partial charge is 0.313 e.